The lowest BCUT2D eigenvalue weighted by atomic mass is 9.93. The van der Waals surface area contributed by atoms with Gasteiger partial charge in [-0.1, -0.05) is 11.6 Å². The number of rotatable bonds is 3. The summed E-state index contributed by atoms with van der Waals surface area (Å²) in [5.74, 6) is 0.648. The van der Waals surface area contributed by atoms with Crippen molar-refractivity contribution >= 4 is 29.2 Å². The lowest BCUT2D eigenvalue weighted by Gasteiger charge is -2.42. The van der Waals surface area contributed by atoms with Crippen LogP contribution in [0.1, 0.15) is 40.0 Å². The zero-order valence-electron chi connectivity index (χ0n) is 17.8. The Morgan fingerprint density at radius 2 is 2.10 bits per heavy atom. The van der Waals surface area contributed by atoms with Gasteiger partial charge in [0.1, 0.15) is 12.3 Å². The molecule has 1 amide bonds. The van der Waals surface area contributed by atoms with E-state index in [1.807, 2.05) is 20.8 Å². The highest BCUT2D eigenvalue weighted by Gasteiger charge is 2.49. The number of anilines is 2. The average molecular weight is 441 g/mol. The summed E-state index contributed by atoms with van der Waals surface area (Å²) < 4.78 is 19.7. The fourth-order valence-corrected chi connectivity index (χ4v) is 4.82. The van der Waals surface area contributed by atoms with Crippen molar-refractivity contribution in [2.24, 2.45) is 0 Å². The normalized spacial score (nSPS) is 26.8. The number of likely N-dealkylation sites (tertiary alicyclic amines) is 1. The van der Waals surface area contributed by atoms with Gasteiger partial charge in [-0.3, -0.25) is 0 Å². The molecular formula is C20H30ClFN6O2. The van der Waals surface area contributed by atoms with Gasteiger partial charge in [0, 0.05) is 44.3 Å². The third-order valence-electron chi connectivity index (χ3n) is 6.09. The van der Waals surface area contributed by atoms with Crippen molar-refractivity contribution < 1.29 is 13.9 Å². The summed E-state index contributed by atoms with van der Waals surface area (Å²) in [7, 11) is 0. The molecule has 2 saturated heterocycles. The molecule has 4 heterocycles. The molecule has 0 aliphatic carbocycles. The highest BCUT2D eigenvalue weighted by atomic mass is 35.5. The zero-order valence-corrected chi connectivity index (χ0v) is 18.5. The molecule has 2 fully saturated rings. The van der Waals surface area contributed by atoms with E-state index in [1.165, 1.54) is 0 Å². The molecule has 1 aromatic rings. The lowest BCUT2D eigenvalue weighted by Crippen LogP contribution is -2.54. The second-order valence-corrected chi connectivity index (χ2v) is 9.92. The quantitative estimate of drug-likeness (QED) is 0.747. The van der Waals surface area contributed by atoms with Crippen LogP contribution in [0.15, 0.2) is 6.07 Å². The monoisotopic (exact) mass is 440 g/mol. The van der Waals surface area contributed by atoms with Crippen LogP contribution in [0, 0.1) is 0 Å². The number of aromatic nitrogens is 2. The standard InChI is InChI=1S/C20H30ClFN6O2/c1-19(2,3)30-18(29)27-6-4-13(5-7-27)24-14-9-20(11-22)12-23-17-15(28(20)10-14)8-16(21)25-26-17/h8,13-14,24H,4-7,9-12H2,1-3H3,(H,23,26)/t14-,20+/m1/s1. The van der Waals surface area contributed by atoms with E-state index in [-0.39, 0.29) is 12.1 Å². The van der Waals surface area contributed by atoms with Gasteiger partial charge in [-0.2, -0.15) is 0 Å². The van der Waals surface area contributed by atoms with Crippen LogP contribution in [0.5, 0.6) is 0 Å². The third-order valence-corrected chi connectivity index (χ3v) is 6.27. The first-order valence-electron chi connectivity index (χ1n) is 10.5. The van der Waals surface area contributed by atoms with E-state index in [1.54, 1.807) is 11.0 Å². The molecule has 8 nitrogen and oxygen atoms in total. The summed E-state index contributed by atoms with van der Waals surface area (Å²) in [5, 5.41) is 15.2. The molecule has 0 bridgehead atoms. The number of amides is 1. The smallest absolute Gasteiger partial charge is 0.410 e. The van der Waals surface area contributed by atoms with Gasteiger partial charge in [0.25, 0.3) is 0 Å². The number of carbonyl (C=O) groups excluding carboxylic acids is 1. The Kier molecular flexibility index (Phi) is 5.69. The van der Waals surface area contributed by atoms with Crippen molar-refractivity contribution in [3.63, 3.8) is 0 Å². The number of nitrogens with one attached hydrogen (secondary N) is 2. The van der Waals surface area contributed by atoms with Crippen molar-refractivity contribution in [2.45, 2.75) is 63.3 Å². The van der Waals surface area contributed by atoms with Crippen molar-refractivity contribution in [1.82, 2.24) is 20.4 Å². The number of fused-ring (bicyclic) bond motifs is 3. The first kappa shape index (κ1) is 21.4. The minimum atomic E-state index is -0.603. The van der Waals surface area contributed by atoms with Gasteiger partial charge in [0.15, 0.2) is 11.0 Å². The van der Waals surface area contributed by atoms with Gasteiger partial charge in [-0.25, -0.2) is 9.18 Å². The number of hydrogen-bond acceptors (Lipinski definition) is 7. The van der Waals surface area contributed by atoms with Crippen LogP contribution >= 0.6 is 11.6 Å². The predicted octanol–water partition coefficient (Wildman–Crippen LogP) is 2.83. The molecule has 10 heteroatoms. The molecule has 166 valence electrons. The number of nitrogens with zero attached hydrogens (tertiary/aromatic N) is 4. The van der Waals surface area contributed by atoms with Crippen LogP contribution < -0.4 is 15.5 Å². The van der Waals surface area contributed by atoms with Crippen molar-refractivity contribution in [2.75, 3.05) is 43.1 Å². The SMILES string of the molecule is CC(C)(C)OC(=O)N1CCC(N[C@H]2CN3c4cc(Cl)nnc4NC[C@@]3(CF)C2)CC1. The molecule has 0 spiro atoms. The Morgan fingerprint density at radius 3 is 2.77 bits per heavy atom. The fraction of sp³-hybridized carbons (Fsp3) is 0.750. The van der Waals surface area contributed by atoms with E-state index in [9.17, 15) is 9.18 Å². The van der Waals surface area contributed by atoms with Crippen LogP contribution in [0.3, 0.4) is 0 Å². The van der Waals surface area contributed by atoms with Crippen LogP contribution in [0.25, 0.3) is 0 Å². The van der Waals surface area contributed by atoms with Crippen LogP contribution in [0.4, 0.5) is 20.7 Å². The first-order valence-corrected chi connectivity index (χ1v) is 10.9. The number of carbonyl (C=O) groups is 1. The number of ether oxygens (including phenoxy) is 1. The largest absolute Gasteiger partial charge is 0.444 e. The number of halogens is 2. The maximum atomic E-state index is 14.2. The van der Waals surface area contributed by atoms with Crippen molar-refractivity contribution in [3.05, 3.63) is 11.2 Å². The van der Waals surface area contributed by atoms with Gasteiger partial charge in [-0.15, -0.1) is 10.2 Å². The van der Waals surface area contributed by atoms with Gasteiger partial charge in [-0.05, 0) is 40.0 Å². The molecular weight excluding hydrogens is 411 g/mol. The van der Waals surface area contributed by atoms with Crippen LogP contribution in [-0.4, -0.2) is 77.3 Å². The molecule has 2 N–H and O–H groups in total. The summed E-state index contributed by atoms with van der Waals surface area (Å²) in [6.07, 6.45) is 2.15. The predicted molar refractivity (Wildman–Crippen MR) is 114 cm³/mol. The molecule has 3 aliphatic rings. The summed E-state index contributed by atoms with van der Waals surface area (Å²) in [5.41, 5.74) is -0.282. The highest BCUT2D eigenvalue weighted by molar-refractivity contribution is 6.29. The van der Waals surface area contributed by atoms with Crippen molar-refractivity contribution in [1.29, 1.82) is 0 Å². The molecule has 3 aliphatic heterocycles. The molecule has 0 unspecified atom stereocenters. The summed E-state index contributed by atoms with van der Waals surface area (Å²) in [4.78, 5) is 16.1. The van der Waals surface area contributed by atoms with Gasteiger partial charge in [0.2, 0.25) is 0 Å². The summed E-state index contributed by atoms with van der Waals surface area (Å²) >= 11 is 6.05. The Labute approximate surface area is 181 Å². The molecule has 30 heavy (non-hydrogen) atoms. The Morgan fingerprint density at radius 1 is 1.37 bits per heavy atom. The molecule has 4 rings (SSSR count). The van der Waals surface area contributed by atoms with Crippen LogP contribution in [0.2, 0.25) is 5.15 Å². The number of hydrogen-bond donors (Lipinski definition) is 2. The maximum absolute atomic E-state index is 14.2. The zero-order chi connectivity index (χ0) is 21.5. The van der Waals surface area contributed by atoms with Gasteiger partial charge >= 0.3 is 6.09 Å². The average Bonchev–Trinajstić information content (AvgIpc) is 3.06. The third kappa shape index (κ3) is 4.27. The van der Waals surface area contributed by atoms with Gasteiger partial charge in [0.05, 0.1) is 11.2 Å². The van der Waals surface area contributed by atoms with E-state index in [4.69, 9.17) is 16.3 Å². The first-order chi connectivity index (χ1) is 14.2. The Hall–Kier alpha value is -1.87. The lowest BCUT2D eigenvalue weighted by molar-refractivity contribution is 0.0196. The topological polar surface area (TPSA) is 82.6 Å². The van der Waals surface area contributed by atoms with E-state index in [0.29, 0.717) is 49.6 Å². The molecule has 1 aromatic heterocycles. The van der Waals surface area contributed by atoms with E-state index >= 15 is 0 Å². The second kappa shape index (κ2) is 8.00. The summed E-state index contributed by atoms with van der Waals surface area (Å²) in [6.45, 7) is 7.67. The van der Waals surface area contributed by atoms with E-state index in [2.05, 4.69) is 25.7 Å². The Bertz CT molecular complexity index is 798. The number of piperidine rings is 1. The summed E-state index contributed by atoms with van der Waals surface area (Å²) in [6, 6.07) is 2.19. The van der Waals surface area contributed by atoms with Gasteiger partial charge < -0.3 is 25.2 Å². The Balaban J connectivity index is 1.37. The minimum absolute atomic E-state index is 0.151. The van der Waals surface area contributed by atoms with Crippen molar-refractivity contribution in [3.8, 4) is 0 Å². The van der Waals surface area contributed by atoms with Crippen LogP contribution in [-0.2, 0) is 4.74 Å². The molecule has 2 atom stereocenters. The minimum Gasteiger partial charge on any atom is -0.444 e. The van der Waals surface area contributed by atoms with E-state index in [0.717, 1.165) is 18.5 Å². The fourth-order valence-electron chi connectivity index (χ4n) is 4.68. The number of alkyl halides is 1. The highest BCUT2D eigenvalue weighted by Crippen LogP contribution is 2.42. The maximum Gasteiger partial charge on any atom is 0.410 e. The molecule has 0 radical (unpaired) electrons. The second-order valence-electron chi connectivity index (χ2n) is 9.53. The molecule has 0 saturated carbocycles. The van der Waals surface area contributed by atoms with E-state index < -0.39 is 17.8 Å². The molecule has 0 aromatic carbocycles.